The fourth-order valence-corrected chi connectivity index (χ4v) is 3.40. The monoisotopic (exact) mass is 231 g/mol. The maximum Gasteiger partial charge on any atom is 0.102 e. The van der Waals surface area contributed by atoms with E-state index in [-0.39, 0.29) is 0 Å². The fourth-order valence-electron chi connectivity index (χ4n) is 3.40. The highest BCUT2D eigenvalue weighted by Gasteiger charge is 2.39. The summed E-state index contributed by atoms with van der Waals surface area (Å²) in [7, 11) is 0. The van der Waals surface area contributed by atoms with Gasteiger partial charge in [-0.25, -0.2) is 0 Å². The number of aliphatic hydroxyl groups is 1. The second-order valence-electron chi connectivity index (χ2n) is 5.56. The van der Waals surface area contributed by atoms with E-state index in [4.69, 9.17) is 0 Å². The van der Waals surface area contributed by atoms with Gasteiger partial charge in [-0.1, -0.05) is 36.8 Å². The van der Waals surface area contributed by atoms with Crippen LogP contribution in [0.1, 0.15) is 37.7 Å². The van der Waals surface area contributed by atoms with Gasteiger partial charge >= 0.3 is 0 Å². The molecule has 3 rings (SSSR count). The molecule has 0 unspecified atom stereocenters. The molecule has 1 N–H and O–H groups in total. The van der Waals surface area contributed by atoms with Crippen molar-refractivity contribution in [3.05, 3.63) is 35.9 Å². The lowest BCUT2D eigenvalue weighted by Crippen LogP contribution is -2.52. The highest BCUT2D eigenvalue weighted by Crippen LogP contribution is 2.37. The third kappa shape index (κ3) is 2.12. The van der Waals surface area contributed by atoms with Gasteiger partial charge in [-0.15, -0.1) is 0 Å². The van der Waals surface area contributed by atoms with Crippen LogP contribution in [0.2, 0.25) is 0 Å². The minimum Gasteiger partial charge on any atom is -0.384 e. The topological polar surface area (TPSA) is 23.5 Å². The molecule has 0 aromatic heterocycles. The summed E-state index contributed by atoms with van der Waals surface area (Å²) in [5, 5.41) is 10.8. The lowest BCUT2D eigenvalue weighted by atomic mass is 9.80. The summed E-state index contributed by atoms with van der Waals surface area (Å²) in [5.41, 5.74) is 0.471. The molecule has 2 heterocycles. The van der Waals surface area contributed by atoms with Crippen molar-refractivity contribution in [2.45, 2.75) is 43.7 Å². The molecule has 0 saturated carbocycles. The van der Waals surface area contributed by atoms with Crippen LogP contribution in [0, 0.1) is 0 Å². The molecule has 2 aliphatic heterocycles. The zero-order valence-electron chi connectivity index (χ0n) is 10.3. The fraction of sp³-hybridized carbons (Fsp3) is 0.600. The van der Waals surface area contributed by atoms with E-state index in [2.05, 4.69) is 17.0 Å². The van der Waals surface area contributed by atoms with Crippen LogP contribution in [0.4, 0.5) is 0 Å². The number of hydrogen-bond acceptors (Lipinski definition) is 2. The van der Waals surface area contributed by atoms with Crippen molar-refractivity contribution in [2.75, 3.05) is 13.1 Å². The van der Waals surface area contributed by atoms with Gasteiger partial charge in [0.1, 0.15) is 5.60 Å². The molecule has 2 fully saturated rings. The quantitative estimate of drug-likeness (QED) is 0.803. The molecule has 2 saturated heterocycles. The predicted octanol–water partition coefficient (Wildman–Crippen LogP) is 2.52. The van der Waals surface area contributed by atoms with Crippen LogP contribution in [-0.2, 0) is 5.60 Å². The molecule has 17 heavy (non-hydrogen) atoms. The van der Waals surface area contributed by atoms with E-state index in [0.29, 0.717) is 0 Å². The second kappa shape index (κ2) is 4.43. The van der Waals surface area contributed by atoms with Crippen molar-refractivity contribution in [2.24, 2.45) is 0 Å². The summed E-state index contributed by atoms with van der Waals surface area (Å²) in [4.78, 5) is 2.50. The second-order valence-corrected chi connectivity index (χ2v) is 5.56. The molecule has 1 aromatic rings. The van der Waals surface area contributed by atoms with E-state index < -0.39 is 5.60 Å². The minimum absolute atomic E-state index is 0.616. The lowest BCUT2D eigenvalue weighted by molar-refractivity contribution is -0.0661. The molecule has 1 aromatic carbocycles. The zero-order valence-corrected chi connectivity index (χ0v) is 10.3. The summed E-state index contributed by atoms with van der Waals surface area (Å²) in [5.74, 6) is 0. The van der Waals surface area contributed by atoms with Gasteiger partial charge in [0.25, 0.3) is 0 Å². The Morgan fingerprint density at radius 3 is 2.76 bits per heavy atom. The molecule has 92 valence electrons. The number of fused-ring (bicyclic) bond motifs is 1. The number of piperidine rings is 2. The SMILES string of the molecule is O[C@@]1(c2ccccc2)CC[C@H]2CCCCN2C1. The minimum atomic E-state index is -0.616. The van der Waals surface area contributed by atoms with Crippen LogP contribution < -0.4 is 0 Å². The normalized spacial score (nSPS) is 34.3. The van der Waals surface area contributed by atoms with Gasteiger partial charge in [-0.05, 0) is 37.8 Å². The maximum absolute atomic E-state index is 10.8. The molecule has 2 atom stereocenters. The summed E-state index contributed by atoms with van der Waals surface area (Å²) >= 11 is 0. The van der Waals surface area contributed by atoms with Crippen molar-refractivity contribution in [3.8, 4) is 0 Å². The van der Waals surface area contributed by atoms with Gasteiger partial charge in [0, 0.05) is 12.6 Å². The number of hydrogen-bond donors (Lipinski definition) is 1. The molecule has 0 amide bonds. The Labute approximate surface area is 103 Å². The number of benzene rings is 1. The van der Waals surface area contributed by atoms with E-state index in [1.807, 2.05) is 18.2 Å². The molecule has 0 bridgehead atoms. The third-order valence-corrected chi connectivity index (χ3v) is 4.42. The Balaban J connectivity index is 1.80. The molecule has 2 heteroatoms. The maximum atomic E-state index is 10.8. The van der Waals surface area contributed by atoms with Crippen LogP contribution >= 0.6 is 0 Å². The van der Waals surface area contributed by atoms with Crippen molar-refractivity contribution >= 4 is 0 Å². The van der Waals surface area contributed by atoms with Crippen LogP contribution in [0.3, 0.4) is 0 Å². The summed E-state index contributed by atoms with van der Waals surface area (Å²) < 4.78 is 0. The first kappa shape index (κ1) is 11.2. The zero-order chi connectivity index (χ0) is 11.7. The van der Waals surface area contributed by atoms with Crippen LogP contribution in [0.5, 0.6) is 0 Å². The Morgan fingerprint density at radius 2 is 1.94 bits per heavy atom. The van der Waals surface area contributed by atoms with Gasteiger partial charge < -0.3 is 5.11 Å². The summed E-state index contributed by atoms with van der Waals surface area (Å²) in [6, 6.07) is 10.9. The van der Waals surface area contributed by atoms with Gasteiger partial charge in [-0.2, -0.15) is 0 Å². The summed E-state index contributed by atoms with van der Waals surface area (Å²) in [6.07, 6.45) is 6.04. The predicted molar refractivity (Wildman–Crippen MR) is 68.8 cm³/mol. The van der Waals surface area contributed by atoms with Gasteiger partial charge in [0.2, 0.25) is 0 Å². The van der Waals surface area contributed by atoms with Crippen molar-refractivity contribution < 1.29 is 5.11 Å². The average molecular weight is 231 g/mol. The van der Waals surface area contributed by atoms with Crippen LogP contribution in [0.25, 0.3) is 0 Å². The van der Waals surface area contributed by atoms with E-state index in [9.17, 15) is 5.11 Å². The molecule has 0 aliphatic carbocycles. The first-order chi connectivity index (χ1) is 8.28. The van der Waals surface area contributed by atoms with Crippen molar-refractivity contribution in [3.63, 3.8) is 0 Å². The Morgan fingerprint density at radius 1 is 1.12 bits per heavy atom. The molecule has 0 radical (unpaired) electrons. The molecule has 0 spiro atoms. The third-order valence-electron chi connectivity index (χ3n) is 4.42. The van der Waals surface area contributed by atoms with Crippen LogP contribution in [0.15, 0.2) is 30.3 Å². The smallest absolute Gasteiger partial charge is 0.102 e. The molecular formula is C15H21NO. The van der Waals surface area contributed by atoms with Crippen molar-refractivity contribution in [1.82, 2.24) is 4.90 Å². The highest BCUT2D eigenvalue weighted by molar-refractivity contribution is 5.23. The van der Waals surface area contributed by atoms with E-state index in [1.165, 1.54) is 25.8 Å². The standard InChI is InChI=1S/C15H21NO/c17-15(13-6-2-1-3-7-13)10-9-14-8-4-5-11-16(14)12-15/h1-3,6-7,14,17H,4-5,8-12H2/t14-,15+/m1/s1. The van der Waals surface area contributed by atoms with E-state index in [1.54, 1.807) is 0 Å². The molecular weight excluding hydrogens is 210 g/mol. The molecule has 2 aliphatic rings. The lowest BCUT2D eigenvalue weighted by Gasteiger charge is -2.46. The number of nitrogens with zero attached hydrogens (tertiary/aromatic N) is 1. The summed E-state index contributed by atoms with van der Waals surface area (Å²) in [6.45, 7) is 1.99. The van der Waals surface area contributed by atoms with Gasteiger partial charge in [-0.3, -0.25) is 4.90 Å². The van der Waals surface area contributed by atoms with Gasteiger partial charge in [0.05, 0.1) is 0 Å². The first-order valence-electron chi connectivity index (χ1n) is 6.80. The largest absolute Gasteiger partial charge is 0.384 e. The highest BCUT2D eigenvalue weighted by atomic mass is 16.3. The van der Waals surface area contributed by atoms with Crippen molar-refractivity contribution in [1.29, 1.82) is 0 Å². The Bertz CT molecular complexity index is 378. The van der Waals surface area contributed by atoms with E-state index >= 15 is 0 Å². The number of rotatable bonds is 1. The Hall–Kier alpha value is -0.860. The van der Waals surface area contributed by atoms with Crippen LogP contribution in [-0.4, -0.2) is 29.1 Å². The van der Waals surface area contributed by atoms with E-state index in [0.717, 1.165) is 31.0 Å². The Kier molecular flexibility index (Phi) is 2.93. The first-order valence-corrected chi connectivity index (χ1v) is 6.80. The average Bonchev–Trinajstić information content (AvgIpc) is 2.40. The van der Waals surface area contributed by atoms with Gasteiger partial charge in [0.15, 0.2) is 0 Å². The molecule has 2 nitrogen and oxygen atoms in total.